The first-order chi connectivity index (χ1) is 12.0. The molecule has 1 aromatic heterocycles. The van der Waals surface area contributed by atoms with Crippen LogP contribution >= 0.6 is 0 Å². The predicted octanol–water partition coefficient (Wildman–Crippen LogP) is 2.85. The van der Waals surface area contributed by atoms with Gasteiger partial charge in [-0.15, -0.1) is 0 Å². The monoisotopic (exact) mass is 344 g/mol. The number of aromatic nitrogens is 2. The van der Waals surface area contributed by atoms with Crippen molar-refractivity contribution >= 4 is 6.03 Å². The molecule has 0 bridgehead atoms. The number of rotatable bonds is 8. The van der Waals surface area contributed by atoms with Gasteiger partial charge in [0.2, 0.25) is 0 Å². The molecule has 2 unspecified atom stereocenters. The average Bonchev–Trinajstić information content (AvgIpc) is 3.00. The van der Waals surface area contributed by atoms with Crippen molar-refractivity contribution < 1.29 is 9.90 Å². The second-order valence-electron chi connectivity index (χ2n) is 6.78. The second kappa shape index (κ2) is 9.22. The van der Waals surface area contributed by atoms with Crippen LogP contribution in [0.5, 0.6) is 0 Å². The predicted molar refractivity (Wildman–Crippen MR) is 97.9 cm³/mol. The molecule has 2 aromatic rings. The van der Waals surface area contributed by atoms with Gasteiger partial charge in [-0.1, -0.05) is 44.2 Å². The Morgan fingerprint density at radius 2 is 1.96 bits per heavy atom. The molecule has 136 valence electrons. The van der Waals surface area contributed by atoms with E-state index >= 15 is 0 Å². The molecule has 0 aliphatic heterocycles. The van der Waals surface area contributed by atoms with Gasteiger partial charge < -0.3 is 20.3 Å². The zero-order valence-electron chi connectivity index (χ0n) is 15.1. The Hall–Kier alpha value is -2.34. The maximum atomic E-state index is 12.1. The molecule has 6 nitrogen and oxygen atoms in total. The van der Waals surface area contributed by atoms with E-state index < -0.39 is 6.10 Å². The third kappa shape index (κ3) is 6.23. The number of carbonyl (C=O) groups excluding carboxylic acids is 1. The average molecular weight is 344 g/mol. The fraction of sp³-hybridized carbons (Fsp3) is 0.474. The van der Waals surface area contributed by atoms with Crippen LogP contribution < -0.4 is 10.6 Å². The maximum Gasteiger partial charge on any atom is 0.315 e. The Labute approximate surface area is 149 Å². The van der Waals surface area contributed by atoms with Gasteiger partial charge in [0, 0.05) is 25.0 Å². The largest absolute Gasteiger partial charge is 0.388 e. The Morgan fingerprint density at radius 1 is 1.24 bits per heavy atom. The number of benzene rings is 1. The molecule has 0 spiro atoms. The SMILES string of the molecule is CC(C)Cn1ccnc1CNC(=O)NC(C)CC(O)c1ccccc1. The van der Waals surface area contributed by atoms with Gasteiger partial charge in [-0.05, 0) is 24.8 Å². The lowest BCUT2D eigenvalue weighted by molar-refractivity contribution is 0.154. The molecule has 0 radical (unpaired) electrons. The van der Waals surface area contributed by atoms with E-state index in [1.165, 1.54) is 0 Å². The Morgan fingerprint density at radius 3 is 2.64 bits per heavy atom. The number of nitrogens with one attached hydrogen (secondary N) is 2. The number of carbonyl (C=O) groups is 1. The third-order valence-corrected chi connectivity index (χ3v) is 3.91. The first-order valence-corrected chi connectivity index (χ1v) is 8.73. The quantitative estimate of drug-likeness (QED) is 0.689. The molecule has 25 heavy (non-hydrogen) atoms. The van der Waals surface area contributed by atoms with Crippen molar-refractivity contribution in [2.75, 3.05) is 0 Å². The summed E-state index contributed by atoms with van der Waals surface area (Å²) in [4.78, 5) is 16.3. The van der Waals surface area contributed by atoms with Crippen molar-refractivity contribution in [3.63, 3.8) is 0 Å². The van der Waals surface area contributed by atoms with Gasteiger partial charge in [-0.3, -0.25) is 0 Å². The summed E-state index contributed by atoms with van der Waals surface area (Å²) in [5.74, 6) is 1.35. The normalized spacial score (nSPS) is 13.5. The highest BCUT2D eigenvalue weighted by Crippen LogP contribution is 2.17. The first kappa shape index (κ1) is 19.0. The van der Waals surface area contributed by atoms with Crippen molar-refractivity contribution in [1.29, 1.82) is 0 Å². The third-order valence-electron chi connectivity index (χ3n) is 3.91. The van der Waals surface area contributed by atoms with Gasteiger partial charge in [0.1, 0.15) is 5.82 Å². The van der Waals surface area contributed by atoms with Gasteiger partial charge in [0.15, 0.2) is 0 Å². The van der Waals surface area contributed by atoms with Crippen LogP contribution in [0.3, 0.4) is 0 Å². The van der Waals surface area contributed by atoms with Gasteiger partial charge in [0.25, 0.3) is 0 Å². The number of amides is 2. The Bertz CT molecular complexity index is 654. The van der Waals surface area contributed by atoms with Crippen LogP contribution in [-0.4, -0.2) is 26.7 Å². The minimum Gasteiger partial charge on any atom is -0.388 e. The minimum atomic E-state index is -0.596. The lowest BCUT2D eigenvalue weighted by atomic mass is 10.0. The summed E-state index contributed by atoms with van der Waals surface area (Å²) in [5.41, 5.74) is 0.854. The van der Waals surface area contributed by atoms with Crippen LogP contribution in [0.15, 0.2) is 42.7 Å². The van der Waals surface area contributed by atoms with E-state index in [0.717, 1.165) is 17.9 Å². The number of hydrogen-bond donors (Lipinski definition) is 3. The molecule has 6 heteroatoms. The van der Waals surface area contributed by atoms with E-state index in [9.17, 15) is 9.90 Å². The number of nitrogens with zero attached hydrogens (tertiary/aromatic N) is 2. The van der Waals surface area contributed by atoms with E-state index in [1.807, 2.05) is 48.0 Å². The molecule has 1 heterocycles. The van der Waals surface area contributed by atoms with Crippen LogP contribution in [0, 0.1) is 5.92 Å². The molecule has 1 aromatic carbocycles. The molecule has 2 rings (SSSR count). The summed E-state index contributed by atoms with van der Waals surface area (Å²) in [6.07, 6.45) is 3.53. The lowest BCUT2D eigenvalue weighted by Gasteiger charge is -2.18. The zero-order chi connectivity index (χ0) is 18.2. The van der Waals surface area contributed by atoms with E-state index in [0.29, 0.717) is 18.9 Å². The van der Waals surface area contributed by atoms with Gasteiger partial charge >= 0.3 is 6.03 Å². The van der Waals surface area contributed by atoms with Crippen LogP contribution in [0.25, 0.3) is 0 Å². The summed E-state index contributed by atoms with van der Waals surface area (Å²) in [5, 5.41) is 15.9. The fourth-order valence-corrected chi connectivity index (χ4v) is 2.71. The molecular weight excluding hydrogens is 316 g/mol. The molecule has 2 amide bonds. The summed E-state index contributed by atoms with van der Waals surface area (Å²) in [7, 11) is 0. The topological polar surface area (TPSA) is 79.2 Å². The number of hydrogen-bond acceptors (Lipinski definition) is 3. The van der Waals surface area contributed by atoms with Crippen LogP contribution in [0.4, 0.5) is 4.79 Å². The molecule has 0 aliphatic carbocycles. The van der Waals surface area contributed by atoms with Gasteiger partial charge in [-0.2, -0.15) is 0 Å². The van der Waals surface area contributed by atoms with Crippen LogP contribution in [0.1, 0.15) is 44.7 Å². The molecule has 2 atom stereocenters. The molecule has 0 fully saturated rings. The van der Waals surface area contributed by atoms with Gasteiger partial charge in [0.05, 0.1) is 12.6 Å². The molecular formula is C19H28N4O2. The molecule has 0 aliphatic rings. The van der Waals surface area contributed by atoms with E-state index in [1.54, 1.807) is 6.20 Å². The van der Waals surface area contributed by atoms with E-state index in [-0.39, 0.29) is 12.1 Å². The van der Waals surface area contributed by atoms with Crippen molar-refractivity contribution in [2.24, 2.45) is 5.92 Å². The van der Waals surface area contributed by atoms with Crippen molar-refractivity contribution in [2.45, 2.75) is 52.4 Å². The summed E-state index contributed by atoms with van der Waals surface area (Å²) < 4.78 is 2.05. The number of urea groups is 1. The zero-order valence-corrected chi connectivity index (χ0v) is 15.1. The standard InChI is InChI=1S/C19H28N4O2/c1-14(2)13-23-10-9-20-18(23)12-21-19(25)22-15(3)11-17(24)16-7-5-4-6-8-16/h4-10,14-15,17,24H,11-13H2,1-3H3,(H2,21,22,25). The highest BCUT2D eigenvalue weighted by Gasteiger charge is 2.14. The molecule has 3 N–H and O–H groups in total. The second-order valence-corrected chi connectivity index (χ2v) is 6.78. The summed E-state index contributed by atoms with van der Waals surface area (Å²) in [6, 6.07) is 9.05. The minimum absolute atomic E-state index is 0.148. The van der Waals surface area contributed by atoms with Crippen LogP contribution in [-0.2, 0) is 13.1 Å². The molecule has 0 saturated carbocycles. The van der Waals surface area contributed by atoms with Gasteiger partial charge in [-0.25, -0.2) is 9.78 Å². The number of aliphatic hydroxyl groups is 1. The highest BCUT2D eigenvalue weighted by molar-refractivity contribution is 5.74. The van der Waals surface area contributed by atoms with E-state index in [2.05, 4.69) is 29.5 Å². The smallest absolute Gasteiger partial charge is 0.315 e. The lowest BCUT2D eigenvalue weighted by Crippen LogP contribution is -2.41. The maximum absolute atomic E-state index is 12.1. The molecule has 0 saturated heterocycles. The van der Waals surface area contributed by atoms with Crippen molar-refractivity contribution in [3.8, 4) is 0 Å². The summed E-state index contributed by atoms with van der Waals surface area (Å²) >= 11 is 0. The van der Waals surface area contributed by atoms with Crippen molar-refractivity contribution in [1.82, 2.24) is 20.2 Å². The van der Waals surface area contributed by atoms with Crippen molar-refractivity contribution in [3.05, 3.63) is 54.1 Å². The van der Waals surface area contributed by atoms with E-state index in [4.69, 9.17) is 0 Å². The Kier molecular flexibility index (Phi) is 7.01. The summed E-state index contributed by atoms with van der Waals surface area (Å²) in [6.45, 7) is 7.41. The Balaban J connectivity index is 1.77. The highest BCUT2D eigenvalue weighted by atomic mass is 16.3. The number of aliphatic hydroxyl groups excluding tert-OH is 1. The first-order valence-electron chi connectivity index (χ1n) is 8.73. The fourth-order valence-electron chi connectivity index (χ4n) is 2.71. The number of imidazole rings is 1. The van der Waals surface area contributed by atoms with Crippen LogP contribution in [0.2, 0.25) is 0 Å².